The number of rotatable bonds is 4. The summed E-state index contributed by atoms with van der Waals surface area (Å²) < 4.78 is 0. The molecular formula is C20H22N4OS. The number of hydrogen-bond donors (Lipinski definition) is 2. The van der Waals surface area contributed by atoms with Gasteiger partial charge in [0.25, 0.3) is 0 Å². The van der Waals surface area contributed by atoms with Gasteiger partial charge in [-0.05, 0) is 35.2 Å². The average molecular weight is 366 g/mol. The molecule has 3 rings (SSSR count). The molecule has 134 valence electrons. The number of benzene rings is 2. The molecule has 0 bridgehead atoms. The van der Waals surface area contributed by atoms with Crippen molar-refractivity contribution >= 4 is 39.9 Å². The van der Waals surface area contributed by atoms with Crippen LogP contribution in [-0.4, -0.2) is 22.5 Å². The van der Waals surface area contributed by atoms with Crippen LogP contribution in [0.3, 0.4) is 0 Å². The topological polar surface area (TPSA) is 65.8 Å². The summed E-state index contributed by atoms with van der Waals surface area (Å²) in [6, 6.07) is 16.0. The highest BCUT2D eigenvalue weighted by atomic mass is 32.2. The normalized spacial score (nSPS) is 15.5. The fourth-order valence-electron chi connectivity index (χ4n) is 2.56. The number of nitrogens with one attached hydrogen (secondary N) is 2. The van der Waals surface area contributed by atoms with Crippen molar-refractivity contribution in [2.45, 2.75) is 26.7 Å². The maximum Gasteiger partial charge on any atom is 0.221 e. The van der Waals surface area contributed by atoms with Gasteiger partial charge in [0.2, 0.25) is 5.91 Å². The maximum atomic E-state index is 11.2. The lowest BCUT2D eigenvalue weighted by molar-refractivity contribution is -0.114. The first-order valence-corrected chi connectivity index (χ1v) is 9.52. The van der Waals surface area contributed by atoms with Crippen molar-refractivity contribution in [2.75, 3.05) is 11.1 Å². The fourth-order valence-corrected chi connectivity index (χ4v) is 3.34. The van der Waals surface area contributed by atoms with Gasteiger partial charge in [-0.25, -0.2) is 4.99 Å². The number of amidine groups is 1. The number of hydrazone groups is 1. The SMILES string of the molecule is CC(=O)Nc1cccc(N=C2NN=C(c3ccc(C(C)C)cc3)CS2)c1. The van der Waals surface area contributed by atoms with E-state index in [2.05, 4.69) is 58.9 Å². The molecule has 1 aliphatic rings. The van der Waals surface area contributed by atoms with E-state index in [4.69, 9.17) is 0 Å². The van der Waals surface area contributed by atoms with Gasteiger partial charge >= 0.3 is 0 Å². The Morgan fingerprint density at radius 1 is 1.23 bits per heavy atom. The van der Waals surface area contributed by atoms with Crippen molar-refractivity contribution in [1.82, 2.24) is 5.43 Å². The first kappa shape index (κ1) is 18.2. The third-order valence-corrected chi connectivity index (χ3v) is 4.81. The van der Waals surface area contributed by atoms with E-state index in [-0.39, 0.29) is 5.91 Å². The average Bonchev–Trinajstić information content (AvgIpc) is 2.62. The van der Waals surface area contributed by atoms with Crippen molar-refractivity contribution < 1.29 is 4.79 Å². The highest BCUT2D eigenvalue weighted by Gasteiger charge is 2.13. The predicted octanol–water partition coefficient (Wildman–Crippen LogP) is 4.50. The van der Waals surface area contributed by atoms with Crippen LogP contribution in [0.5, 0.6) is 0 Å². The van der Waals surface area contributed by atoms with Crippen LogP contribution in [0, 0.1) is 0 Å². The van der Waals surface area contributed by atoms with E-state index in [1.807, 2.05) is 24.3 Å². The minimum Gasteiger partial charge on any atom is -0.326 e. The maximum absolute atomic E-state index is 11.2. The molecule has 0 saturated carbocycles. The molecule has 2 aromatic rings. The molecular weight excluding hydrogens is 344 g/mol. The highest BCUT2D eigenvalue weighted by molar-refractivity contribution is 8.14. The first-order chi connectivity index (χ1) is 12.5. The summed E-state index contributed by atoms with van der Waals surface area (Å²) in [5.74, 6) is 1.19. The van der Waals surface area contributed by atoms with E-state index < -0.39 is 0 Å². The Morgan fingerprint density at radius 3 is 2.62 bits per heavy atom. The number of carbonyl (C=O) groups is 1. The molecule has 1 aliphatic heterocycles. The first-order valence-electron chi connectivity index (χ1n) is 8.53. The molecule has 1 heterocycles. The van der Waals surface area contributed by atoms with E-state index in [0.29, 0.717) is 5.92 Å². The Kier molecular flexibility index (Phi) is 5.73. The molecule has 0 aromatic heterocycles. The smallest absolute Gasteiger partial charge is 0.221 e. The molecule has 0 fully saturated rings. The molecule has 0 saturated heterocycles. The van der Waals surface area contributed by atoms with Gasteiger partial charge in [0.1, 0.15) is 0 Å². The highest BCUT2D eigenvalue weighted by Crippen LogP contribution is 2.22. The summed E-state index contributed by atoms with van der Waals surface area (Å²) in [4.78, 5) is 15.7. The largest absolute Gasteiger partial charge is 0.326 e. The molecule has 1 amide bonds. The van der Waals surface area contributed by atoms with E-state index in [0.717, 1.165) is 33.6 Å². The molecule has 6 heteroatoms. The number of nitrogens with zero attached hydrogens (tertiary/aromatic N) is 2. The van der Waals surface area contributed by atoms with Crippen LogP contribution in [0.1, 0.15) is 37.8 Å². The second-order valence-corrected chi connectivity index (χ2v) is 7.35. The number of carbonyl (C=O) groups excluding carboxylic acids is 1. The lowest BCUT2D eigenvalue weighted by Crippen LogP contribution is -2.25. The van der Waals surface area contributed by atoms with Crippen LogP contribution in [-0.2, 0) is 4.79 Å². The number of hydrogen-bond acceptors (Lipinski definition) is 4. The number of anilines is 1. The quantitative estimate of drug-likeness (QED) is 0.837. The van der Waals surface area contributed by atoms with Gasteiger partial charge in [0, 0.05) is 18.4 Å². The second kappa shape index (κ2) is 8.19. The Bertz CT molecular complexity index is 856. The Labute approximate surface area is 158 Å². The zero-order valence-corrected chi connectivity index (χ0v) is 15.9. The van der Waals surface area contributed by atoms with E-state index >= 15 is 0 Å². The van der Waals surface area contributed by atoms with Gasteiger partial charge in [-0.1, -0.05) is 55.9 Å². The van der Waals surface area contributed by atoms with Crippen LogP contribution < -0.4 is 10.7 Å². The molecule has 0 unspecified atom stereocenters. The van der Waals surface area contributed by atoms with E-state index in [9.17, 15) is 4.79 Å². The standard InChI is InChI=1S/C20H22N4OS/c1-13(2)15-7-9-16(10-8-15)19-12-26-20(24-23-19)22-18-6-4-5-17(11-18)21-14(3)25/h4-11,13H,12H2,1-3H3,(H,21,25)(H,22,24). The van der Waals surface area contributed by atoms with Gasteiger partial charge in [0.15, 0.2) is 5.17 Å². The number of thioether (sulfide) groups is 1. The van der Waals surface area contributed by atoms with Crippen molar-refractivity contribution in [3.05, 3.63) is 59.7 Å². The van der Waals surface area contributed by atoms with Crippen molar-refractivity contribution in [2.24, 2.45) is 10.1 Å². The molecule has 2 aromatic carbocycles. The summed E-state index contributed by atoms with van der Waals surface area (Å²) >= 11 is 1.61. The van der Waals surface area contributed by atoms with Crippen molar-refractivity contribution in [3.63, 3.8) is 0 Å². The monoisotopic (exact) mass is 366 g/mol. The lowest BCUT2D eigenvalue weighted by atomic mass is 10.0. The minimum absolute atomic E-state index is 0.0994. The minimum atomic E-state index is -0.0994. The summed E-state index contributed by atoms with van der Waals surface area (Å²) in [5.41, 5.74) is 7.99. The zero-order chi connectivity index (χ0) is 18.5. The zero-order valence-electron chi connectivity index (χ0n) is 15.1. The third-order valence-electron chi connectivity index (χ3n) is 3.94. The van der Waals surface area contributed by atoms with Gasteiger partial charge in [0.05, 0.1) is 11.4 Å². The van der Waals surface area contributed by atoms with Gasteiger partial charge < -0.3 is 5.32 Å². The Hall–Kier alpha value is -2.60. The Balaban J connectivity index is 1.70. The van der Waals surface area contributed by atoms with Crippen LogP contribution in [0.2, 0.25) is 0 Å². The second-order valence-electron chi connectivity index (χ2n) is 6.38. The van der Waals surface area contributed by atoms with Crippen LogP contribution in [0.15, 0.2) is 58.6 Å². The van der Waals surface area contributed by atoms with Gasteiger partial charge in [-0.15, -0.1) is 0 Å². The van der Waals surface area contributed by atoms with Crippen molar-refractivity contribution in [1.29, 1.82) is 0 Å². The molecule has 0 spiro atoms. The predicted molar refractivity (Wildman–Crippen MR) is 111 cm³/mol. The number of aliphatic imine (C=N–C) groups is 1. The Morgan fingerprint density at radius 2 is 2.00 bits per heavy atom. The molecule has 26 heavy (non-hydrogen) atoms. The molecule has 0 radical (unpaired) electrons. The van der Waals surface area contributed by atoms with Crippen molar-refractivity contribution in [3.8, 4) is 0 Å². The summed E-state index contributed by atoms with van der Waals surface area (Å²) in [6.45, 7) is 5.86. The third kappa shape index (κ3) is 4.73. The molecule has 0 aliphatic carbocycles. The van der Waals surface area contributed by atoms with Crippen LogP contribution in [0.25, 0.3) is 0 Å². The van der Waals surface area contributed by atoms with Gasteiger partial charge in [-0.3, -0.25) is 10.2 Å². The van der Waals surface area contributed by atoms with E-state index in [1.165, 1.54) is 12.5 Å². The summed E-state index contributed by atoms with van der Waals surface area (Å²) in [5, 5.41) is 7.97. The summed E-state index contributed by atoms with van der Waals surface area (Å²) in [7, 11) is 0. The summed E-state index contributed by atoms with van der Waals surface area (Å²) in [6.07, 6.45) is 0. The van der Waals surface area contributed by atoms with Crippen LogP contribution >= 0.6 is 11.8 Å². The van der Waals surface area contributed by atoms with E-state index in [1.54, 1.807) is 11.8 Å². The fraction of sp³-hybridized carbons (Fsp3) is 0.250. The van der Waals surface area contributed by atoms with Gasteiger partial charge in [-0.2, -0.15) is 5.10 Å². The molecule has 0 atom stereocenters. The molecule has 5 nitrogen and oxygen atoms in total. The molecule has 2 N–H and O–H groups in total. The van der Waals surface area contributed by atoms with Crippen LogP contribution in [0.4, 0.5) is 11.4 Å². The number of amides is 1. The lowest BCUT2D eigenvalue weighted by Gasteiger charge is -2.15.